The molecule has 136 valence electrons. The number of H-pyrrole nitrogens is 1. The average Bonchev–Trinajstić information content (AvgIpc) is 3.19. The first kappa shape index (κ1) is 18.0. The summed E-state index contributed by atoms with van der Waals surface area (Å²) in [5, 5.41) is 9.69. The molecule has 0 aliphatic rings. The molecule has 0 aliphatic heterocycles. The van der Waals surface area contributed by atoms with Gasteiger partial charge in [-0.05, 0) is 38.1 Å². The number of nitrogens with zero attached hydrogens (tertiary/aromatic N) is 3. The maximum atomic E-state index is 12.1. The van der Waals surface area contributed by atoms with Crippen LogP contribution in [0.25, 0.3) is 11.4 Å². The Balaban J connectivity index is 1.60. The fourth-order valence-electron chi connectivity index (χ4n) is 2.50. The Morgan fingerprint density at radius 2 is 2.04 bits per heavy atom. The third-order valence-electron chi connectivity index (χ3n) is 4.09. The molecule has 3 aromatic rings. The van der Waals surface area contributed by atoms with E-state index >= 15 is 0 Å². The van der Waals surface area contributed by atoms with Crippen LogP contribution >= 0.6 is 11.3 Å². The van der Waals surface area contributed by atoms with Gasteiger partial charge in [-0.2, -0.15) is 5.10 Å². The minimum Gasteiger partial charge on any atom is -0.326 e. The minimum absolute atomic E-state index is 0.0273. The van der Waals surface area contributed by atoms with E-state index in [1.54, 1.807) is 16.7 Å². The summed E-state index contributed by atoms with van der Waals surface area (Å²) >= 11 is 1.21. The summed E-state index contributed by atoms with van der Waals surface area (Å²) in [6.07, 6.45) is 0.236. The third kappa shape index (κ3) is 3.89. The van der Waals surface area contributed by atoms with Crippen molar-refractivity contribution in [3.05, 3.63) is 50.3 Å². The zero-order valence-electron chi connectivity index (χ0n) is 14.6. The molecule has 0 atom stereocenters. The summed E-state index contributed by atoms with van der Waals surface area (Å²) in [5.74, 6) is 1.04. The summed E-state index contributed by atoms with van der Waals surface area (Å²) < 4.78 is 1.64. The van der Waals surface area contributed by atoms with Gasteiger partial charge in [-0.1, -0.05) is 11.3 Å². The van der Waals surface area contributed by atoms with E-state index in [9.17, 15) is 9.59 Å². The first-order valence-corrected chi connectivity index (χ1v) is 8.98. The van der Waals surface area contributed by atoms with E-state index in [1.165, 1.54) is 11.3 Å². The number of rotatable bonds is 6. The lowest BCUT2D eigenvalue weighted by atomic mass is 10.2. The third-order valence-corrected chi connectivity index (χ3v) is 5.09. The highest BCUT2D eigenvalue weighted by atomic mass is 32.1. The van der Waals surface area contributed by atoms with Crippen molar-refractivity contribution in [3.63, 3.8) is 0 Å². The maximum absolute atomic E-state index is 12.1. The molecule has 4 N–H and O–H groups in total. The Hall–Kier alpha value is -2.78. The molecule has 0 saturated carbocycles. The fraction of sp³-hybridized carbons (Fsp3) is 0.294. The second-order valence-electron chi connectivity index (χ2n) is 5.85. The van der Waals surface area contributed by atoms with Crippen LogP contribution in [0, 0.1) is 13.8 Å². The van der Waals surface area contributed by atoms with Crippen LogP contribution in [-0.4, -0.2) is 25.7 Å². The summed E-state index contributed by atoms with van der Waals surface area (Å²) in [6.45, 7) is 4.47. The molecule has 0 radical (unpaired) electrons. The van der Waals surface area contributed by atoms with Gasteiger partial charge in [-0.3, -0.25) is 14.7 Å². The number of amides is 1. The highest BCUT2D eigenvalue weighted by Gasteiger charge is 2.10. The highest BCUT2D eigenvalue weighted by molar-refractivity contribution is 7.09. The van der Waals surface area contributed by atoms with Crippen LogP contribution in [0.5, 0.6) is 0 Å². The molecule has 2 heterocycles. The van der Waals surface area contributed by atoms with Crippen molar-refractivity contribution in [1.29, 1.82) is 0 Å². The summed E-state index contributed by atoms with van der Waals surface area (Å²) in [7, 11) is 0. The molecular weight excluding hydrogens is 352 g/mol. The minimum atomic E-state index is -0.142. The van der Waals surface area contributed by atoms with E-state index < -0.39 is 0 Å². The Morgan fingerprint density at radius 1 is 1.31 bits per heavy atom. The van der Waals surface area contributed by atoms with Gasteiger partial charge in [0.1, 0.15) is 5.82 Å². The number of aromatic amines is 1. The lowest BCUT2D eigenvalue weighted by Gasteiger charge is -2.07. The van der Waals surface area contributed by atoms with Crippen LogP contribution in [0.15, 0.2) is 29.1 Å². The maximum Gasteiger partial charge on any atom is 0.307 e. The molecule has 0 bridgehead atoms. The number of nitrogens with one attached hydrogen (secondary N) is 2. The van der Waals surface area contributed by atoms with Crippen LogP contribution in [0.3, 0.4) is 0 Å². The molecular formula is C17H20N6O2S. The van der Waals surface area contributed by atoms with Crippen molar-refractivity contribution in [1.82, 2.24) is 19.7 Å². The molecule has 0 aliphatic carbocycles. The summed E-state index contributed by atoms with van der Waals surface area (Å²) in [5.41, 5.74) is 7.93. The van der Waals surface area contributed by atoms with Gasteiger partial charge < -0.3 is 15.6 Å². The molecule has 3 rings (SSSR count). The number of nitrogens with two attached hydrogens (primary N) is 1. The smallest absolute Gasteiger partial charge is 0.307 e. The first-order valence-electron chi connectivity index (χ1n) is 8.16. The lowest BCUT2D eigenvalue weighted by molar-refractivity contribution is -0.116. The van der Waals surface area contributed by atoms with Crippen molar-refractivity contribution >= 4 is 22.9 Å². The number of aromatic nitrogens is 4. The second-order valence-corrected chi connectivity index (χ2v) is 7.01. The van der Waals surface area contributed by atoms with E-state index in [2.05, 4.69) is 20.5 Å². The number of aryl methyl sites for hydroxylation is 1. The van der Waals surface area contributed by atoms with Crippen LogP contribution < -0.4 is 15.9 Å². The summed E-state index contributed by atoms with van der Waals surface area (Å²) in [4.78, 5) is 29.2. The number of carbonyl (C=O) groups is 1. The molecule has 0 fully saturated rings. The van der Waals surface area contributed by atoms with Crippen LogP contribution in [-0.2, 0) is 17.9 Å². The average molecular weight is 372 g/mol. The monoisotopic (exact) mass is 372 g/mol. The topological polar surface area (TPSA) is 119 Å². The SMILES string of the molecule is Cc1sc(=O)n(CCC(=O)Nc2ccc(-c3n[nH]c(CN)n3)cc2)c1C. The molecule has 1 amide bonds. The standard InChI is InChI=1S/C17H20N6O2S/c1-10-11(2)26-17(25)23(10)8-7-15(24)19-13-5-3-12(4-6-13)16-20-14(9-18)21-22-16/h3-6H,7-9,18H2,1-2H3,(H,19,24)(H,20,21,22). The van der Waals surface area contributed by atoms with Crippen LogP contribution in [0.2, 0.25) is 0 Å². The molecule has 2 aromatic heterocycles. The van der Waals surface area contributed by atoms with Crippen molar-refractivity contribution in [3.8, 4) is 11.4 Å². The lowest BCUT2D eigenvalue weighted by Crippen LogP contribution is -2.20. The molecule has 8 nitrogen and oxygen atoms in total. The molecule has 0 saturated heterocycles. The second kappa shape index (κ2) is 7.63. The van der Waals surface area contributed by atoms with Crippen molar-refractivity contribution in [2.24, 2.45) is 5.73 Å². The Bertz CT molecular complexity index is 970. The van der Waals surface area contributed by atoms with Crippen LogP contribution in [0.1, 0.15) is 22.8 Å². The van der Waals surface area contributed by atoms with Gasteiger partial charge in [-0.15, -0.1) is 0 Å². The molecule has 26 heavy (non-hydrogen) atoms. The zero-order valence-corrected chi connectivity index (χ0v) is 15.4. The van der Waals surface area contributed by atoms with E-state index in [-0.39, 0.29) is 17.2 Å². The van der Waals surface area contributed by atoms with E-state index in [1.807, 2.05) is 26.0 Å². The van der Waals surface area contributed by atoms with Crippen molar-refractivity contribution in [2.45, 2.75) is 33.4 Å². The Morgan fingerprint density at radius 3 is 2.62 bits per heavy atom. The van der Waals surface area contributed by atoms with Crippen molar-refractivity contribution < 1.29 is 4.79 Å². The van der Waals surface area contributed by atoms with Gasteiger partial charge >= 0.3 is 4.87 Å². The van der Waals surface area contributed by atoms with Gasteiger partial charge in [-0.25, -0.2) is 4.98 Å². The number of hydrogen-bond acceptors (Lipinski definition) is 6. The number of thiazole rings is 1. The zero-order chi connectivity index (χ0) is 18.7. The Labute approximate surface area is 154 Å². The fourth-order valence-corrected chi connectivity index (χ4v) is 3.36. The molecule has 0 unspecified atom stereocenters. The van der Waals surface area contributed by atoms with Gasteiger partial charge in [0, 0.05) is 34.8 Å². The predicted octanol–water partition coefficient (Wildman–Crippen LogP) is 1.80. The van der Waals surface area contributed by atoms with Gasteiger partial charge in [0.15, 0.2) is 5.82 Å². The molecule has 0 spiro atoms. The number of carbonyl (C=O) groups excluding carboxylic acids is 1. The summed E-state index contributed by atoms with van der Waals surface area (Å²) in [6, 6.07) is 7.24. The predicted molar refractivity (Wildman–Crippen MR) is 101 cm³/mol. The number of anilines is 1. The number of benzene rings is 1. The van der Waals surface area contributed by atoms with Gasteiger partial charge in [0.05, 0.1) is 6.54 Å². The van der Waals surface area contributed by atoms with E-state index in [0.29, 0.717) is 30.4 Å². The number of hydrogen-bond donors (Lipinski definition) is 3. The largest absolute Gasteiger partial charge is 0.326 e. The van der Waals surface area contributed by atoms with Gasteiger partial charge in [0.2, 0.25) is 5.91 Å². The quantitative estimate of drug-likeness (QED) is 0.610. The van der Waals surface area contributed by atoms with Crippen LogP contribution in [0.4, 0.5) is 5.69 Å². The first-order chi connectivity index (χ1) is 12.5. The van der Waals surface area contributed by atoms with E-state index in [4.69, 9.17) is 5.73 Å². The Kier molecular flexibility index (Phi) is 5.29. The molecule has 9 heteroatoms. The van der Waals surface area contributed by atoms with E-state index in [0.717, 1.165) is 16.1 Å². The van der Waals surface area contributed by atoms with Crippen molar-refractivity contribution in [2.75, 3.05) is 5.32 Å². The van der Waals surface area contributed by atoms with Gasteiger partial charge in [0.25, 0.3) is 0 Å². The normalized spacial score (nSPS) is 10.9. The highest BCUT2D eigenvalue weighted by Crippen LogP contribution is 2.18. The molecule has 1 aromatic carbocycles.